The topological polar surface area (TPSA) is 174 Å². The molecule has 8 N–H and O–H groups in total. The molecule has 0 radical (unpaired) electrons. The number of nitrogens with two attached hydrogens (primary N) is 3. The van der Waals surface area contributed by atoms with Gasteiger partial charge in [0.25, 0.3) is 0 Å². The Hall–Kier alpha value is -3.33. The lowest BCUT2D eigenvalue weighted by molar-refractivity contribution is -0.149. The Morgan fingerprint density at radius 1 is 1.09 bits per heavy atom. The fraction of sp³-hybridized carbons (Fsp3) is 0.250. The normalized spacial score (nSPS) is 12.5. The van der Waals surface area contributed by atoms with Gasteiger partial charge in [0, 0.05) is 24.2 Å². The first-order valence-corrected chi connectivity index (χ1v) is 14.5. The number of thiocarbonyl (C=S) groups is 1. The molecule has 2 aromatic carbocycles. The van der Waals surface area contributed by atoms with Gasteiger partial charge in [0.05, 0.1) is 11.2 Å². The maximum Gasteiger partial charge on any atom is 0.324 e. The van der Waals surface area contributed by atoms with Crippen molar-refractivity contribution in [2.45, 2.75) is 28.8 Å². The summed E-state index contributed by atoms with van der Waals surface area (Å²) in [5.74, 6) is -1.40. The molecule has 0 fully saturated rings. The summed E-state index contributed by atoms with van der Waals surface area (Å²) < 4.78 is 3.33. The van der Waals surface area contributed by atoms with E-state index in [1.807, 2.05) is 48.5 Å². The van der Waals surface area contributed by atoms with E-state index in [-0.39, 0.29) is 31.0 Å². The van der Waals surface area contributed by atoms with Crippen molar-refractivity contribution in [2.24, 2.45) is 22.2 Å². The Kier molecular flexibility index (Phi) is 14.9. The number of alkyl halides is 3. The number of amides is 1. The van der Waals surface area contributed by atoms with Gasteiger partial charge in [-0.2, -0.15) is 13.5 Å². The van der Waals surface area contributed by atoms with Gasteiger partial charge >= 0.3 is 5.97 Å². The second-order valence-electron chi connectivity index (χ2n) is 9.13. The van der Waals surface area contributed by atoms with Crippen LogP contribution in [0.4, 0.5) is 5.69 Å². The highest BCUT2D eigenvalue weighted by Crippen LogP contribution is 2.33. The number of carbonyl (C=O) groups is 2. The predicted octanol–water partition coefficient (Wildman–Crippen LogP) is 3.75. The van der Waals surface area contributed by atoms with Gasteiger partial charge < -0.3 is 32.6 Å². The van der Waals surface area contributed by atoms with Crippen LogP contribution >= 0.6 is 60.5 Å². The SMILES string of the molecule is NC(N)=NCCC[C@H](N)C(=O)OCN(C(=S)Nc1cccc2cccnc12)C(NC(=O)/C=C/c1ccccc1)C(Cl)(Cl)Cl.S. The average molecular weight is 700 g/mol. The molecule has 11 nitrogen and oxygen atoms in total. The summed E-state index contributed by atoms with van der Waals surface area (Å²) in [6, 6.07) is 17.3. The monoisotopic (exact) mass is 698 g/mol. The van der Waals surface area contributed by atoms with Crippen molar-refractivity contribution in [2.75, 3.05) is 18.6 Å². The lowest BCUT2D eigenvalue weighted by Gasteiger charge is -2.37. The zero-order valence-electron chi connectivity index (χ0n) is 23.3. The van der Waals surface area contributed by atoms with Crippen molar-refractivity contribution in [3.05, 3.63) is 78.5 Å². The van der Waals surface area contributed by atoms with Crippen LogP contribution in [0.5, 0.6) is 0 Å². The number of aliphatic imine (C=N–C) groups is 1. The molecular formula is C28H33Cl3N8O3S2. The molecule has 1 amide bonds. The molecule has 0 saturated heterocycles. The molecule has 236 valence electrons. The molecule has 0 saturated carbocycles. The van der Waals surface area contributed by atoms with Gasteiger partial charge in [0.2, 0.25) is 9.70 Å². The minimum Gasteiger partial charge on any atom is -0.443 e. The number of hydrogen-bond donors (Lipinski definition) is 5. The third-order valence-corrected chi connectivity index (χ3v) is 6.84. The van der Waals surface area contributed by atoms with E-state index in [0.717, 1.165) is 10.9 Å². The first-order chi connectivity index (χ1) is 20.5. The number of guanidine groups is 1. The van der Waals surface area contributed by atoms with E-state index in [1.165, 1.54) is 11.0 Å². The number of fused-ring (bicyclic) bond motifs is 1. The van der Waals surface area contributed by atoms with Crippen LogP contribution in [0.1, 0.15) is 18.4 Å². The summed E-state index contributed by atoms with van der Waals surface area (Å²) in [5.41, 5.74) is 18.6. The third kappa shape index (κ3) is 11.6. The number of hydrogen-bond acceptors (Lipinski definition) is 7. The van der Waals surface area contributed by atoms with Gasteiger partial charge in [-0.3, -0.25) is 24.5 Å². The standard InChI is InChI=1S/C28H31Cl3N8O3S.H2S/c29-28(30,31)25(38-22(40)14-13-18-7-2-1-3-8-18)39(17-42-24(41)20(32)11-6-16-36-26(33)34)27(43)37-21-12-4-9-19-10-5-15-35-23(19)21;/h1-5,7-10,12-15,20,25H,6,11,16-17,32H2,(H,37,43)(H,38,40)(H4,33,34,36);1H2/b14-13+;/t20-,25?;/m0./s1. The lowest BCUT2D eigenvalue weighted by Crippen LogP contribution is -2.59. The largest absolute Gasteiger partial charge is 0.443 e. The molecule has 3 aromatic rings. The highest BCUT2D eigenvalue weighted by atomic mass is 35.6. The van der Waals surface area contributed by atoms with Gasteiger partial charge in [0.1, 0.15) is 6.04 Å². The van der Waals surface area contributed by atoms with Crippen molar-refractivity contribution in [1.82, 2.24) is 15.2 Å². The number of aromatic nitrogens is 1. The lowest BCUT2D eigenvalue weighted by atomic mass is 10.2. The zero-order valence-corrected chi connectivity index (χ0v) is 27.4. The molecule has 0 spiro atoms. The zero-order chi connectivity index (χ0) is 31.4. The highest BCUT2D eigenvalue weighted by Gasteiger charge is 2.40. The number of carbonyl (C=O) groups excluding carboxylic acids is 2. The summed E-state index contributed by atoms with van der Waals surface area (Å²) in [4.78, 5) is 35.2. The quantitative estimate of drug-likeness (QED) is 0.0274. The Labute approximate surface area is 282 Å². The van der Waals surface area contributed by atoms with Crippen LogP contribution in [0.2, 0.25) is 0 Å². The number of ether oxygens (including phenoxy) is 1. The first-order valence-electron chi connectivity index (χ1n) is 12.9. The van der Waals surface area contributed by atoms with Crippen LogP contribution in [-0.4, -0.2) is 62.1 Å². The van der Waals surface area contributed by atoms with Crippen LogP contribution in [0.25, 0.3) is 17.0 Å². The Balaban J connectivity index is 0.00000675. The molecule has 1 unspecified atom stereocenters. The first kappa shape index (κ1) is 36.9. The average Bonchev–Trinajstić information content (AvgIpc) is 2.97. The summed E-state index contributed by atoms with van der Waals surface area (Å²) in [5, 5.41) is 6.51. The van der Waals surface area contributed by atoms with Gasteiger partial charge in [-0.05, 0) is 48.8 Å². The second-order valence-corrected chi connectivity index (χ2v) is 11.9. The maximum atomic E-state index is 12.9. The molecule has 0 aliphatic carbocycles. The number of nitrogens with zero attached hydrogens (tertiary/aromatic N) is 3. The minimum atomic E-state index is -2.13. The number of benzene rings is 2. The molecule has 16 heteroatoms. The molecular weight excluding hydrogens is 667 g/mol. The minimum absolute atomic E-state index is 0. The number of nitrogens with one attached hydrogen (secondary N) is 2. The summed E-state index contributed by atoms with van der Waals surface area (Å²) in [7, 11) is 0. The van der Waals surface area contributed by atoms with Crippen molar-refractivity contribution >= 4 is 106 Å². The van der Waals surface area contributed by atoms with Gasteiger partial charge in [-0.15, -0.1) is 0 Å². The van der Waals surface area contributed by atoms with Crippen LogP contribution in [0.3, 0.4) is 0 Å². The molecule has 3 rings (SSSR count). The number of pyridine rings is 1. The van der Waals surface area contributed by atoms with Crippen molar-refractivity contribution in [1.29, 1.82) is 0 Å². The molecule has 2 atom stereocenters. The van der Waals surface area contributed by atoms with Crippen LogP contribution in [0.15, 0.2) is 77.9 Å². The fourth-order valence-corrected chi connectivity index (χ4v) is 4.56. The Morgan fingerprint density at radius 3 is 2.48 bits per heavy atom. The van der Waals surface area contributed by atoms with E-state index in [0.29, 0.717) is 24.2 Å². The van der Waals surface area contributed by atoms with E-state index in [1.54, 1.807) is 24.4 Å². The predicted molar refractivity (Wildman–Crippen MR) is 187 cm³/mol. The van der Waals surface area contributed by atoms with E-state index in [2.05, 4.69) is 20.6 Å². The van der Waals surface area contributed by atoms with Crippen molar-refractivity contribution in [3.8, 4) is 0 Å². The number of esters is 1. The molecule has 0 bridgehead atoms. The summed E-state index contributed by atoms with van der Waals surface area (Å²) >= 11 is 24.7. The van der Waals surface area contributed by atoms with Crippen LogP contribution < -0.4 is 27.8 Å². The number of rotatable bonds is 12. The smallest absolute Gasteiger partial charge is 0.324 e. The summed E-state index contributed by atoms with van der Waals surface area (Å²) in [6.45, 7) is -0.230. The van der Waals surface area contributed by atoms with Gasteiger partial charge in [0.15, 0.2) is 24.0 Å². The van der Waals surface area contributed by atoms with Crippen molar-refractivity contribution < 1.29 is 14.3 Å². The molecule has 1 heterocycles. The molecule has 0 aliphatic rings. The van der Waals surface area contributed by atoms with E-state index in [9.17, 15) is 9.59 Å². The van der Waals surface area contributed by atoms with Gasteiger partial charge in [-0.1, -0.05) is 83.3 Å². The van der Waals surface area contributed by atoms with E-state index < -0.39 is 34.6 Å². The molecule has 44 heavy (non-hydrogen) atoms. The fourth-order valence-electron chi connectivity index (χ4n) is 3.78. The number of para-hydroxylation sites is 1. The maximum absolute atomic E-state index is 12.9. The number of anilines is 1. The molecule has 0 aliphatic heterocycles. The van der Waals surface area contributed by atoms with Crippen LogP contribution in [0, 0.1) is 0 Å². The number of halogens is 3. The Morgan fingerprint density at radius 2 is 1.80 bits per heavy atom. The Bertz CT molecular complexity index is 1470. The second kappa shape index (κ2) is 17.8. The third-order valence-electron chi connectivity index (χ3n) is 5.88. The van der Waals surface area contributed by atoms with Crippen molar-refractivity contribution in [3.63, 3.8) is 0 Å². The summed E-state index contributed by atoms with van der Waals surface area (Å²) in [6.07, 6.45) is 3.80. The van der Waals surface area contributed by atoms with E-state index in [4.69, 9.17) is 69.0 Å². The van der Waals surface area contributed by atoms with Crippen LogP contribution in [-0.2, 0) is 14.3 Å². The van der Waals surface area contributed by atoms with Gasteiger partial charge in [-0.25, -0.2) is 0 Å². The highest BCUT2D eigenvalue weighted by molar-refractivity contribution is 7.80. The van der Waals surface area contributed by atoms with E-state index >= 15 is 0 Å². The molecule has 1 aromatic heterocycles.